The molecule has 0 aromatic heterocycles. The minimum absolute atomic E-state index is 0.0111. The molecule has 6 heteroatoms. The van der Waals surface area contributed by atoms with Gasteiger partial charge in [0.1, 0.15) is 0 Å². The first-order valence-electron chi connectivity index (χ1n) is 5.28. The van der Waals surface area contributed by atoms with Crippen LogP contribution in [-0.4, -0.2) is 40.0 Å². The molecule has 0 heterocycles. The Bertz CT molecular complexity index is 271. The van der Waals surface area contributed by atoms with Crippen molar-refractivity contribution in [2.24, 2.45) is 5.14 Å². The van der Waals surface area contributed by atoms with E-state index in [1.807, 2.05) is 0 Å². The van der Waals surface area contributed by atoms with Gasteiger partial charge in [0.15, 0.2) is 0 Å². The van der Waals surface area contributed by atoms with Gasteiger partial charge in [0.2, 0.25) is 10.0 Å². The lowest BCUT2D eigenvalue weighted by Crippen LogP contribution is -2.38. The van der Waals surface area contributed by atoms with Gasteiger partial charge >= 0.3 is 0 Å². The second-order valence-electron chi connectivity index (χ2n) is 4.03. The van der Waals surface area contributed by atoms with Gasteiger partial charge in [0, 0.05) is 19.7 Å². The first kappa shape index (κ1) is 12.9. The molecule has 0 spiro atoms. The van der Waals surface area contributed by atoms with E-state index in [9.17, 15) is 8.42 Å². The molecule has 0 amide bonds. The van der Waals surface area contributed by atoms with Crippen LogP contribution in [0.5, 0.6) is 0 Å². The molecule has 1 aliphatic rings. The third kappa shape index (κ3) is 5.46. The van der Waals surface area contributed by atoms with Crippen LogP contribution in [-0.2, 0) is 14.8 Å². The van der Waals surface area contributed by atoms with Crippen molar-refractivity contribution in [2.75, 3.05) is 19.4 Å². The summed E-state index contributed by atoms with van der Waals surface area (Å²) in [6, 6.07) is 0.415. The Labute approximate surface area is 91.4 Å². The van der Waals surface area contributed by atoms with Gasteiger partial charge in [0.05, 0.1) is 11.9 Å². The average molecular weight is 236 g/mol. The Morgan fingerprint density at radius 3 is 2.40 bits per heavy atom. The van der Waals surface area contributed by atoms with Crippen LogP contribution in [0, 0.1) is 0 Å². The fourth-order valence-electron chi connectivity index (χ4n) is 1.91. The zero-order valence-electron chi connectivity index (χ0n) is 9.11. The van der Waals surface area contributed by atoms with Gasteiger partial charge in [-0.2, -0.15) is 0 Å². The predicted molar refractivity (Wildman–Crippen MR) is 59.0 cm³/mol. The maximum absolute atomic E-state index is 10.7. The van der Waals surface area contributed by atoms with Gasteiger partial charge in [-0.1, -0.05) is 0 Å². The third-order valence-corrected chi connectivity index (χ3v) is 3.60. The molecule has 90 valence electrons. The largest absolute Gasteiger partial charge is 0.381 e. The van der Waals surface area contributed by atoms with E-state index in [2.05, 4.69) is 5.32 Å². The molecule has 0 unspecified atom stereocenters. The summed E-state index contributed by atoms with van der Waals surface area (Å²) in [6.07, 6.45) is 4.56. The summed E-state index contributed by atoms with van der Waals surface area (Å²) in [5.74, 6) is 0.0111. The molecule has 0 atom stereocenters. The minimum atomic E-state index is -3.33. The number of primary sulfonamides is 1. The number of nitrogens with one attached hydrogen (secondary N) is 1. The molecule has 3 N–H and O–H groups in total. The van der Waals surface area contributed by atoms with Crippen molar-refractivity contribution in [2.45, 2.75) is 37.8 Å². The highest BCUT2D eigenvalue weighted by atomic mass is 32.2. The van der Waals surface area contributed by atoms with Crippen molar-refractivity contribution in [3.63, 3.8) is 0 Å². The van der Waals surface area contributed by atoms with Crippen LogP contribution in [0.1, 0.15) is 25.7 Å². The molecule has 1 rings (SSSR count). The van der Waals surface area contributed by atoms with Crippen LogP contribution in [0.15, 0.2) is 0 Å². The van der Waals surface area contributed by atoms with E-state index < -0.39 is 10.0 Å². The van der Waals surface area contributed by atoms with Crippen LogP contribution in [0.2, 0.25) is 0 Å². The van der Waals surface area contributed by atoms with Gasteiger partial charge < -0.3 is 10.1 Å². The van der Waals surface area contributed by atoms with Gasteiger partial charge in [-0.05, 0) is 25.7 Å². The second-order valence-corrected chi connectivity index (χ2v) is 5.76. The predicted octanol–water partition coefficient (Wildman–Crippen LogP) is -0.178. The van der Waals surface area contributed by atoms with Crippen LogP contribution >= 0.6 is 0 Å². The van der Waals surface area contributed by atoms with Gasteiger partial charge in [0.25, 0.3) is 0 Å². The number of sulfonamides is 1. The minimum Gasteiger partial charge on any atom is -0.381 e. The lowest BCUT2D eigenvalue weighted by atomic mass is 9.93. The summed E-state index contributed by atoms with van der Waals surface area (Å²) < 4.78 is 26.6. The summed E-state index contributed by atoms with van der Waals surface area (Å²) >= 11 is 0. The highest BCUT2D eigenvalue weighted by Gasteiger charge is 2.20. The Morgan fingerprint density at radius 2 is 1.93 bits per heavy atom. The number of hydrogen-bond donors (Lipinski definition) is 2. The van der Waals surface area contributed by atoms with Crippen LogP contribution < -0.4 is 10.5 Å². The Balaban J connectivity index is 2.14. The van der Waals surface area contributed by atoms with E-state index >= 15 is 0 Å². The van der Waals surface area contributed by atoms with Crippen molar-refractivity contribution in [3.05, 3.63) is 0 Å². The standard InChI is InChI=1S/C9H20N2O3S/c1-14-9-4-2-8(3-5-9)11-6-7-15(10,12)13/h8-9,11H,2-7H2,1H3,(H2,10,12,13). The highest BCUT2D eigenvalue weighted by Crippen LogP contribution is 2.20. The normalized spacial score (nSPS) is 27.9. The average Bonchev–Trinajstić information content (AvgIpc) is 2.17. The molecule has 5 nitrogen and oxygen atoms in total. The number of nitrogens with two attached hydrogens (primary N) is 1. The number of hydrogen-bond acceptors (Lipinski definition) is 4. The molecule has 15 heavy (non-hydrogen) atoms. The zero-order chi connectivity index (χ0) is 11.3. The summed E-state index contributed by atoms with van der Waals surface area (Å²) in [7, 11) is -1.59. The van der Waals surface area contributed by atoms with E-state index in [1.54, 1.807) is 7.11 Å². The molecule has 1 aliphatic carbocycles. The molecule has 0 aromatic rings. The van der Waals surface area contributed by atoms with E-state index in [0.29, 0.717) is 18.7 Å². The molecule has 0 bridgehead atoms. The SMILES string of the molecule is COC1CCC(NCCS(N)(=O)=O)CC1. The molecular formula is C9H20N2O3S. The lowest BCUT2D eigenvalue weighted by Gasteiger charge is -2.28. The first-order chi connectivity index (χ1) is 7.01. The Hall–Kier alpha value is -0.170. The van der Waals surface area contributed by atoms with Crippen molar-refractivity contribution in [1.82, 2.24) is 5.32 Å². The fraction of sp³-hybridized carbons (Fsp3) is 1.00. The van der Waals surface area contributed by atoms with E-state index in [1.165, 1.54) is 0 Å². The molecule has 0 saturated heterocycles. The van der Waals surface area contributed by atoms with E-state index in [0.717, 1.165) is 25.7 Å². The van der Waals surface area contributed by atoms with Crippen LogP contribution in [0.4, 0.5) is 0 Å². The molecule has 0 aliphatic heterocycles. The van der Waals surface area contributed by atoms with Crippen molar-refractivity contribution >= 4 is 10.0 Å². The second kappa shape index (κ2) is 5.79. The van der Waals surface area contributed by atoms with Crippen molar-refractivity contribution in [3.8, 4) is 0 Å². The summed E-state index contributed by atoms with van der Waals surface area (Å²) in [6.45, 7) is 0.446. The van der Waals surface area contributed by atoms with Gasteiger partial charge in [-0.3, -0.25) is 0 Å². The fourth-order valence-corrected chi connectivity index (χ4v) is 2.31. The maximum Gasteiger partial charge on any atom is 0.210 e. The Kier molecular flexibility index (Phi) is 4.98. The van der Waals surface area contributed by atoms with E-state index in [-0.39, 0.29) is 5.75 Å². The van der Waals surface area contributed by atoms with Crippen molar-refractivity contribution in [1.29, 1.82) is 0 Å². The molecule has 0 aromatic carbocycles. The highest BCUT2D eigenvalue weighted by molar-refractivity contribution is 7.89. The van der Waals surface area contributed by atoms with Crippen LogP contribution in [0.3, 0.4) is 0 Å². The topological polar surface area (TPSA) is 81.4 Å². The quantitative estimate of drug-likeness (QED) is 0.694. The summed E-state index contributed by atoms with van der Waals surface area (Å²) in [5, 5.41) is 8.11. The summed E-state index contributed by atoms with van der Waals surface area (Å²) in [5.41, 5.74) is 0. The molecular weight excluding hydrogens is 216 g/mol. The van der Waals surface area contributed by atoms with Gasteiger partial charge in [-0.25, -0.2) is 13.6 Å². The molecule has 1 fully saturated rings. The number of rotatable bonds is 5. The summed E-state index contributed by atoms with van der Waals surface area (Å²) in [4.78, 5) is 0. The maximum atomic E-state index is 10.7. The smallest absolute Gasteiger partial charge is 0.210 e. The molecule has 0 radical (unpaired) electrons. The van der Waals surface area contributed by atoms with Crippen LogP contribution in [0.25, 0.3) is 0 Å². The molecule has 1 saturated carbocycles. The third-order valence-electron chi connectivity index (χ3n) is 2.83. The lowest BCUT2D eigenvalue weighted by molar-refractivity contribution is 0.0628. The zero-order valence-corrected chi connectivity index (χ0v) is 9.92. The van der Waals surface area contributed by atoms with Crippen molar-refractivity contribution < 1.29 is 13.2 Å². The van der Waals surface area contributed by atoms with E-state index in [4.69, 9.17) is 9.88 Å². The Morgan fingerprint density at radius 1 is 1.33 bits per heavy atom. The number of ether oxygens (including phenoxy) is 1. The first-order valence-corrected chi connectivity index (χ1v) is 6.99. The van der Waals surface area contributed by atoms with Gasteiger partial charge in [-0.15, -0.1) is 0 Å². The number of methoxy groups -OCH3 is 1. The monoisotopic (exact) mass is 236 g/mol.